The Balaban J connectivity index is 1.07. The molecular weight excluding hydrogens is 590 g/mol. The second-order valence-corrected chi connectivity index (χ2v) is 14.1. The molecule has 2 fully saturated rings. The van der Waals surface area contributed by atoms with E-state index >= 15 is 0 Å². The lowest BCUT2D eigenvalue weighted by molar-refractivity contribution is 0.0358. The summed E-state index contributed by atoms with van der Waals surface area (Å²) in [5, 5.41) is 12.8. The Morgan fingerprint density at radius 1 is 1.00 bits per heavy atom. The van der Waals surface area contributed by atoms with Crippen LogP contribution in [0.15, 0.2) is 77.7 Å². The van der Waals surface area contributed by atoms with Crippen LogP contribution in [0.5, 0.6) is 5.75 Å². The van der Waals surface area contributed by atoms with Crippen LogP contribution < -0.4 is 15.0 Å². The maximum absolute atomic E-state index is 13.0. The van der Waals surface area contributed by atoms with E-state index in [4.69, 9.17) is 9.47 Å². The van der Waals surface area contributed by atoms with Crippen LogP contribution >= 0.6 is 0 Å². The van der Waals surface area contributed by atoms with E-state index in [0.717, 1.165) is 83.2 Å². The zero-order valence-electron chi connectivity index (χ0n) is 26.1. The molecule has 2 aliphatic heterocycles. The lowest BCUT2D eigenvalue weighted by atomic mass is 9.99. The number of sulfone groups is 1. The van der Waals surface area contributed by atoms with Gasteiger partial charge in [-0.1, -0.05) is 31.2 Å². The Labute approximate surface area is 267 Å². The first kappa shape index (κ1) is 32.9. The summed E-state index contributed by atoms with van der Waals surface area (Å²) in [5.41, 5.74) is 3.54. The number of carbonyl (C=O) groups excluding carboxylic acids is 1. The summed E-state index contributed by atoms with van der Waals surface area (Å²) < 4.78 is 35.6. The number of anilines is 1. The van der Waals surface area contributed by atoms with E-state index in [0.29, 0.717) is 17.0 Å². The highest BCUT2D eigenvalue weighted by Gasteiger charge is 2.24. The monoisotopic (exact) mass is 635 g/mol. The predicted molar refractivity (Wildman–Crippen MR) is 176 cm³/mol. The van der Waals surface area contributed by atoms with Gasteiger partial charge in [0.1, 0.15) is 5.75 Å². The maximum atomic E-state index is 13.0. The van der Waals surface area contributed by atoms with Crippen LogP contribution in [0.4, 0.5) is 5.69 Å². The number of morpholine rings is 1. The van der Waals surface area contributed by atoms with E-state index in [1.165, 1.54) is 17.7 Å². The number of nitrogens with zero attached hydrogens (tertiary/aromatic N) is 2. The number of ether oxygens (including phenoxy) is 2. The van der Waals surface area contributed by atoms with Crippen molar-refractivity contribution in [1.82, 2.24) is 10.2 Å². The molecule has 3 aromatic rings. The molecular formula is C35H45N3O6S. The summed E-state index contributed by atoms with van der Waals surface area (Å²) >= 11 is 0. The molecule has 0 aliphatic carbocycles. The molecule has 3 aromatic carbocycles. The number of carbonyl (C=O) groups is 1. The first-order valence-corrected chi connectivity index (χ1v) is 17.6. The van der Waals surface area contributed by atoms with E-state index in [-0.39, 0.29) is 23.2 Å². The smallest absolute Gasteiger partial charge is 0.251 e. The van der Waals surface area contributed by atoms with Gasteiger partial charge >= 0.3 is 0 Å². The first-order chi connectivity index (χ1) is 21.8. The fraction of sp³-hybridized carbons (Fsp3) is 0.457. The van der Waals surface area contributed by atoms with Crippen LogP contribution in [0.25, 0.3) is 0 Å². The van der Waals surface area contributed by atoms with Crippen molar-refractivity contribution < 1.29 is 27.8 Å². The largest absolute Gasteiger partial charge is 0.494 e. The summed E-state index contributed by atoms with van der Waals surface area (Å²) in [5.74, 6) is 1.19. The molecule has 2 heterocycles. The number of aliphatic hydroxyl groups is 1. The van der Waals surface area contributed by atoms with Gasteiger partial charge in [0.05, 0.1) is 43.1 Å². The zero-order valence-corrected chi connectivity index (χ0v) is 26.9. The number of hydrogen-bond donors (Lipinski definition) is 2. The minimum Gasteiger partial charge on any atom is -0.494 e. The van der Waals surface area contributed by atoms with Crippen LogP contribution in [0, 0.1) is 5.92 Å². The standard InChI is InChI=1S/C35H45N3O6S/c1-2-45(41,42)33-14-8-29(9-15-33)34(26-39)36-35(40)30-6-10-31(11-7-30)38-18-16-28(25-38)24-27-4-12-32(13-5-27)44-21-3-17-37-19-22-43-23-20-37/h4-15,28,34,39H,2-3,16-26H2,1H3,(H,36,40)/t28-,34-/m0/s1. The molecule has 1 amide bonds. The number of rotatable bonds is 14. The first-order valence-electron chi connectivity index (χ1n) is 16.0. The molecule has 2 N–H and O–H groups in total. The van der Waals surface area contributed by atoms with Crippen molar-refractivity contribution in [3.05, 3.63) is 89.5 Å². The number of hydrogen-bond acceptors (Lipinski definition) is 8. The third-order valence-electron chi connectivity index (χ3n) is 8.73. The quantitative estimate of drug-likeness (QED) is 0.255. The van der Waals surface area contributed by atoms with Crippen molar-refractivity contribution in [2.24, 2.45) is 5.92 Å². The van der Waals surface area contributed by atoms with Crippen LogP contribution in [-0.4, -0.2) is 89.2 Å². The number of nitrogens with one attached hydrogen (secondary N) is 1. The van der Waals surface area contributed by atoms with Crippen molar-refractivity contribution in [2.45, 2.75) is 37.1 Å². The Kier molecular flexibility index (Phi) is 11.5. The van der Waals surface area contributed by atoms with Gasteiger partial charge in [-0.05, 0) is 84.8 Å². The van der Waals surface area contributed by atoms with Gasteiger partial charge in [0, 0.05) is 44.0 Å². The van der Waals surface area contributed by atoms with Gasteiger partial charge in [-0.15, -0.1) is 0 Å². The molecule has 2 aliphatic rings. The molecule has 0 spiro atoms. The molecule has 2 saturated heterocycles. The molecule has 45 heavy (non-hydrogen) atoms. The second kappa shape index (κ2) is 15.7. The van der Waals surface area contributed by atoms with Gasteiger partial charge in [-0.3, -0.25) is 9.69 Å². The molecule has 242 valence electrons. The van der Waals surface area contributed by atoms with E-state index in [1.807, 2.05) is 24.3 Å². The number of amides is 1. The average molecular weight is 636 g/mol. The Hall–Kier alpha value is -3.44. The van der Waals surface area contributed by atoms with Gasteiger partial charge in [0.2, 0.25) is 0 Å². The summed E-state index contributed by atoms with van der Waals surface area (Å²) in [6, 6.07) is 21.7. The van der Waals surface area contributed by atoms with Crippen molar-refractivity contribution in [3.8, 4) is 5.75 Å². The lowest BCUT2D eigenvalue weighted by Crippen LogP contribution is -2.37. The topological polar surface area (TPSA) is 108 Å². The second-order valence-electron chi connectivity index (χ2n) is 11.8. The van der Waals surface area contributed by atoms with Gasteiger partial charge < -0.3 is 24.8 Å². The minimum atomic E-state index is -3.31. The third kappa shape index (κ3) is 9.07. The molecule has 5 rings (SSSR count). The molecule has 0 radical (unpaired) electrons. The van der Waals surface area contributed by atoms with E-state index in [1.54, 1.807) is 19.1 Å². The highest BCUT2D eigenvalue weighted by atomic mass is 32.2. The van der Waals surface area contributed by atoms with Crippen LogP contribution in [0.1, 0.15) is 47.3 Å². The summed E-state index contributed by atoms with van der Waals surface area (Å²) in [7, 11) is -3.31. The molecule has 9 nitrogen and oxygen atoms in total. The van der Waals surface area contributed by atoms with E-state index in [9.17, 15) is 18.3 Å². The Morgan fingerprint density at radius 3 is 2.38 bits per heavy atom. The van der Waals surface area contributed by atoms with E-state index in [2.05, 4.69) is 39.4 Å². The average Bonchev–Trinajstić information content (AvgIpc) is 3.55. The van der Waals surface area contributed by atoms with Crippen molar-refractivity contribution in [3.63, 3.8) is 0 Å². The highest BCUT2D eigenvalue weighted by molar-refractivity contribution is 7.91. The molecule has 2 atom stereocenters. The van der Waals surface area contributed by atoms with Gasteiger partial charge in [-0.2, -0.15) is 0 Å². The fourth-order valence-electron chi connectivity index (χ4n) is 5.97. The van der Waals surface area contributed by atoms with E-state index < -0.39 is 15.9 Å². The van der Waals surface area contributed by atoms with Crippen LogP contribution in [0.3, 0.4) is 0 Å². The van der Waals surface area contributed by atoms with Crippen molar-refractivity contribution >= 4 is 21.4 Å². The SMILES string of the molecule is CCS(=O)(=O)c1ccc([C@H](CO)NC(=O)c2ccc(N3CC[C@@H](Cc4ccc(OCCCN5CCOCC5)cc4)C3)cc2)cc1. The molecule has 0 aromatic heterocycles. The molecule has 0 unspecified atom stereocenters. The Bertz CT molecular complexity index is 1470. The van der Waals surface area contributed by atoms with Crippen molar-refractivity contribution in [1.29, 1.82) is 0 Å². The fourth-order valence-corrected chi connectivity index (χ4v) is 6.85. The molecule has 10 heteroatoms. The van der Waals surface area contributed by atoms with Crippen LogP contribution in [-0.2, 0) is 21.0 Å². The van der Waals surface area contributed by atoms with Gasteiger partial charge in [0.15, 0.2) is 9.84 Å². The van der Waals surface area contributed by atoms with Crippen LogP contribution in [0.2, 0.25) is 0 Å². The minimum absolute atomic E-state index is 0.0150. The summed E-state index contributed by atoms with van der Waals surface area (Å²) in [6.07, 6.45) is 3.14. The normalized spacial score (nSPS) is 18.1. The Morgan fingerprint density at radius 2 is 1.71 bits per heavy atom. The maximum Gasteiger partial charge on any atom is 0.251 e. The molecule has 0 saturated carbocycles. The third-order valence-corrected chi connectivity index (χ3v) is 10.5. The zero-order chi connectivity index (χ0) is 31.6. The lowest BCUT2D eigenvalue weighted by Gasteiger charge is -2.26. The predicted octanol–water partition coefficient (Wildman–Crippen LogP) is 4.11. The molecule has 0 bridgehead atoms. The number of benzene rings is 3. The number of aliphatic hydroxyl groups excluding tert-OH is 1. The van der Waals surface area contributed by atoms with Gasteiger partial charge in [-0.25, -0.2) is 8.42 Å². The van der Waals surface area contributed by atoms with Crippen molar-refractivity contribution in [2.75, 3.05) is 69.8 Å². The van der Waals surface area contributed by atoms with Gasteiger partial charge in [0.25, 0.3) is 5.91 Å². The summed E-state index contributed by atoms with van der Waals surface area (Å²) in [6.45, 7) is 8.67. The highest BCUT2D eigenvalue weighted by Crippen LogP contribution is 2.27. The summed E-state index contributed by atoms with van der Waals surface area (Å²) in [4.78, 5) is 18.0.